The zero-order chi connectivity index (χ0) is 10.2. The molecule has 84 valence electrons. The summed E-state index contributed by atoms with van der Waals surface area (Å²) in [6.07, 6.45) is 4.73. The summed E-state index contributed by atoms with van der Waals surface area (Å²) in [6.45, 7) is 5.03. The van der Waals surface area contributed by atoms with Gasteiger partial charge in [-0.2, -0.15) is 0 Å². The zero-order valence-electron chi connectivity index (χ0n) is 9.17. The van der Waals surface area contributed by atoms with Gasteiger partial charge in [-0.15, -0.1) is 0 Å². The van der Waals surface area contributed by atoms with E-state index in [1.54, 1.807) is 0 Å². The molecule has 0 heterocycles. The van der Waals surface area contributed by atoms with E-state index in [1.165, 1.54) is 19.3 Å². The minimum absolute atomic E-state index is 0.336. The summed E-state index contributed by atoms with van der Waals surface area (Å²) in [5.74, 6) is 0.488. The summed E-state index contributed by atoms with van der Waals surface area (Å²) in [4.78, 5) is 0. The van der Waals surface area contributed by atoms with Gasteiger partial charge >= 0.3 is 0 Å². The molecule has 1 aliphatic carbocycles. The van der Waals surface area contributed by atoms with Crippen LogP contribution in [0.1, 0.15) is 32.6 Å². The Hall–Kier alpha value is -0.120. The second kappa shape index (κ2) is 7.21. The Kier molecular flexibility index (Phi) is 6.15. The second-order valence-corrected chi connectivity index (χ2v) is 3.98. The molecule has 0 bridgehead atoms. The van der Waals surface area contributed by atoms with Gasteiger partial charge in [0.05, 0.1) is 0 Å². The number of hydrogen-bond donors (Lipinski definition) is 2. The Balaban J connectivity index is 2.00. The van der Waals surface area contributed by atoms with Gasteiger partial charge in [-0.1, -0.05) is 6.42 Å². The Bertz CT molecular complexity index is 141. The first-order valence-corrected chi connectivity index (χ1v) is 5.80. The predicted molar refractivity (Wildman–Crippen MR) is 57.3 cm³/mol. The third kappa shape index (κ3) is 3.95. The smallest absolute Gasteiger partial charge is 0.0477 e. The van der Waals surface area contributed by atoms with Gasteiger partial charge in [0.1, 0.15) is 0 Å². The van der Waals surface area contributed by atoms with Crippen molar-refractivity contribution in [1.29, 1.82) is 0 Å². The average molecular weight is 201 g/mol. The third-order valence-electron chi connectivity index (χ3n) is 2.97. The monoisotopic (exact) mass is 201 g/mol. The SMILES string of the molecule is CCOCCCNC1CCCC1CO. The fourth-order valence-electron chi connectivity index (χ4n) is 2.13. The van der Waals surface area contributed by atoms with Crippen LogP contribution in [0.15, 0.2) is 0 Å². The fourth-order valence-corrected chi connectivity index (χ4v) is 2.13. The van der Waals surface area contributed by atoms with Crippen LogP contribution < -0.4 is 5.32 Å². The summed E-state index contributed by atoms with van der Waals surface area (Å²) in [7, 11) is 0. The highest BCUT2D eigenvalue weighted by Crippen LogP contribution is 2.24. The summed E-state index contributed by atoms with van der Waals surface area (Å²) >= 11 is 0. The highest BCUT2D eigenvalue weighted by Gasteiger charge is 2.25. The van der Waals surface area contributed by atoms with Crippen LogP contribution in [-0.2, 0) is 4.74 Å². The standard InChI is InChI=1S/C11H23NO2/c1-2-14-8-4-7-12-11-6-3-5-10(11)9-13/h10-13H,2-9H2,1H3. The Morgan fingerprint density at radius 3 is 3.00 bits per heavy atom. The summed E-state index contributed by atoms with van der Waals surface area (Å²) in [5.41, 5.74) is 0. The topological polar surface area (TPSA) is 41.5 Å². The van der Waals surface area contributed by atoms with Gasteiger partial charge in [-0.05, 0) is 38.6 Å². The van der Waals surface area contributed by atoms with Crippen molar-refractivity contribution in [2.45, 2.75) is 38.6 Å². The molecular weight excluding hydrogens is 178 g/mol. The lowest BCUT2D eigenvalue weighted by atomic mass is 10.1. The van der Waals surface area contributed by atoms with Gasteiger partial charge in [-0.25, -0.2) is 0 Å². The number of hydrogen-bond acceptors (Lipinski definition) is 3. The van der Waals surface area contributed by atoms with E-state index in [1.807, 2.05) is 6.92 Å². The van der Waals surface area contributed by atoms with Crippen LogP contribution >= 0.6 is 0 Å². The predicted octanol–water partition coefficient (Wildman–Crippen LogP) is 1.16. The zero-order valence-corrected chi connectivity index (χ0v) is 9.17. The maximum Gasteiger partial charge on any atom is 0.0477 e. The van der Waals surface area contributed by atoms with Crippen LogP contribution in [0.4, 0.5) is 0 Å². The van der Waals surface area contributed by atoms with E-state index < -0.39 is 0 Å². The fraction of sp³-hybridized carbons (Fsp3) is 1.00. The van der Waals surface area contributed by atoms with Crippen molar-refractivity contribution in [3.8, 4) is 0 Å². The van der Waals surface area contributed by atoms with Crippen LogP contribution in [0, 0.1) is 5.92 Å². The Morgan fingerprint density at radius 2 is 2.29 bits per heavy atom. The summed E-state index contributed by atoms with van der Waals surface area (Å²) in [6, 6.07) is 0.543. The largest absolute Gasteiger partial charge is 0.396 e. The van der Waals surface area contributed by atoms with Crippen LogP contribution in [0.25, 0.3) is 0 Å². The molecule has 2 atom stereocenters. The molecule has 0 saturated heterocycles. The molecule has 0 spiro atoms. The molecular formula is C11H23NO2. The minimum Gasteiger partial charge on any atom is -0.396 e. The van der Waals surface area contributed by atoms with Gasteiger partial charge in [0.25, 0.3) is 0 Å². The van der Waals surface area contributed by atoms with Crippen LogP contribution in [0.2, 0.25) is 0 Å². The van der Waals surface area contributed by atoms with E-state index in [9.17, 15) is 0 Å². The van der Waals surface area contributed by atoms with E-state index in [0.29, 0.717) is 18.6 Å². The molecule has 1 fully saturated rings. The summed E-state index contributed by atoms with van der Waals surface area (Å²) in [5, 5.41) is 12.6. The molecule has 3 heteroatoms. The van der Waals surface area contributed by atoms with Crippen LogP contribution in [0.3, 0.4) is 0 Å². The molecule has 3 nitrogen and oxygen atoms in total. The van der Waals surface area contributed by atoms with Gasteiger partial charge in [0, 0.05) is 25.9 Å². The lowest BCUT2D eigenvalue weighted by molar-refractivity contribution is 0.142. The molecule has 0 aliphatic heterocycles. The molecule has 1 aliphatic rings. The normalized spacial score (nSPS) is 27.0. The molecule has 1 rings (SSSR count). The van der Waals surface area contributed by atoms with E-state index in [-0.39, 0.29) is 0 Å². The molecule has 14 heavy (non-hydrogen) atoms. The van der Waals surface area contributed by atoms with Gasteiger partial charge in [-0.3, -0.25) is 0 Å². The molecule has 0 amide bonds. The number of rotatable bonds is 7. The molecule has 2 N–H and O–H groups in total. The van der Waals surface area contributed by atoms with Crippen molar-refractivity contribution in [2.24, 2.45) is 5.92 Å². The van der Waals surface area contributed by atoms with E-state index >= 15 is 0 Å². The van der Waals surface area contributed by atoms with Crippen LogP contribution in [-0.4, -0.2) is 37.5 Å². The number of aliphatic hydroxyl groups excluding tert-OH is 1. The van der Waals surface area contributed by atoms with Crippen molar-refractivity contribution in [2.75, 3.05) is 26.4 Å². The van der Waals surface area contributed by atoms with Crippen molar-refractivity contribution in [3.63, 3.8) is 0 Å². The van der Waals surface area contributed by atoms with Gasteiger partial charge in [0.15, 0.2) is 0 Å². The van der Waals surface area contributed by atoms with E-state index in [4.69, 9.17) is 9.84 Å². The summed E-state index contributed by atoms with van der Waals surface area (Å²) < 4.78 is 5.26. The lowest BCUT2D eigenvalue weighted by Gasteiger charge is -2.18. The highest BCUT2D eigenvalue weighted by atomic mass is 16.5. The first-order valence-electron chi connectivity index (χ1n) is 5.80. The average Bonchev–Trinajstić information content (AvgIpc) is 2.65. The van der Waals surface area contributed by atoms with E-state index in [0.717, 1.165) is 26.2 Å². The highest BCUT2D eigenvalue weighted by molar-refractivity contribution is 4.82. The quantitative estimate of drug-likeness (QED) is 0.607. The molecule has 2 unspecified atom stereocenters. The Morgan fingerprint density at radius 1 is 1.43 bits per heavy atom. The molecule has 0 aromatic rings. The first kappa shape index (κ1) is 12.0. The third-order valence-corrected chi connectivity index (χ3v) is 2.97. The second-order valence-electron chi connectivity index (χ2n) is 3.98. The van der Waals surface area contributed by atoms with E-state index in [2.05, 4.69) is 5.32 Å². The van der Waals surface area contributed by atoms with Gasteiger partial charge in [0.2, 0.25) is 0 Å². The first-order chi connectivity index (χ1) is 6.88. The molecule has 0 aromatic heterocycles. The lowest BCUT2D eigenvalue weighted by Crippen LogP contribution is -2.35. The molecule has 0 aromatic carbocycles. The Labute approximate surface area is 86.8 Å². The van der Waals surface area contributed by atoms with Gasteiger partial charge < -0.3 is 15.2 Å². The van der Waals surface area contributed by atoms with Crippen LogP contribution in [0.5, 0.6) is 0 Å². The molecule has 1 saturated carbocycles. The van der Waals surface area contributed by atoms with Crippen molar-refractivity contribution < 1.29 is 9.84 Å². The minimum atomic E-state index is 0.336. The molecule has 0 radical (unpaired) electrons. The van der Waals surface area contributed by atoms with Crippen molar-refractivity contribution >= 4 is 0 Å². The maximum atomic E-state index is 9.11. The number of ether oxygens (including phenoxy) is 1. The number of aliphatic hydroxyl groups is 1. The maximum absolute atomic E-state index is 9.11. The van der Waals surface area contributed by atoms with Crippen molar-refractivity contribution in [3.05, 3.63) is 0 Å². The number of nitrogens with one attached hydrogen (secondary N) is 1. The van der Waals surface area contributed by atoms with Crippen molar-refractivity contribution in [1.82, 2.24) is 5.32 Å².